The van der Waals surface area contributed by atoms with E-state index in [2.05, 4.69) is 29.9 Å². The smallest absolute Gasteiger partial charge is 0.309 e. The summed E-state index contributed by atoms with van der Waals surface area (Å²) in [7, 11) is 0. The first-order valence-corrected chi connectivity index (χ1v) is 19.5. The number of hydrogen-bond donors (Lipinski definition) is 0. The molecule has 0 amide bonds. The second kappa shape index (κ2) is 14.0. The Balaban J connectivity index is 1.37. The molecule has 10 rings (SSSR count). The molecule has 10 aromatic rings. The lowest BCUT2D eigenvalue weighted by atomic mass is 9.97. The zero-order valence-corrected chi connectivity index (χ0v) is 33.4. The highest BCUT2D eigenvalue weighted by Crippen LogP contribution is 2.47. The number of halogens is 6. The summed E-state index contributed by atoms with van der Waals surface area (Å²) >= 11 is 0. The number of benzene rings is 6. The van der Waals surface area contributed by atoms with Gasteiger partial charge in [-0.05, 0) is 87.4 Å². The molecule has 62 heavy (non-hydrogen) atoms. The SMILES string of the molecule is Cc1nc(C)nc(-c2ccc3c4ccccc4n(-c4cc(-c5cccc(C(F)(F)F)c5)cc(-n5c6ccccc6c6ccc(-c7nc(C)nc(C)n7)cc65)c4C(F)(F)F)c3c2)n1. The Bertz CT molecular complexity index is 3220. The van der Waals surface area contributed by atoms with Gasteiger partial charge < -0.3 is 9.13 Å². The van der Waals surface area contributed by atoms with E-state index in [0.717, 1.165) is 12.1 Å². The third-order valence-corrected chi connectivity index (χ3v) is 11.0. The van der Waals surface area contributed by atoms with Crippen LogP contribution < -0.4 is 0 Å². The van der Waals surface area contributed by atoms with Gasteiger partial charge >= 0.3 is 12.4 Å². The third kappa shape index (κ3) is 6.49. The largest absolute Gasteiger partial charge is 0.420 e. The molecule has 0 aliphatic carbocycles. The van der Waals surface area contributed by atoms with Gasteiger partial charge in [-0.2, -0.15) is 26.3 Å². The molecule has 8 nitrogen and oxygen atoms in total. The van der Waals surface area contributed by atoms with Gasteiger partial charge in [-0.15, -0.1) is 0 Å². The van der Waals surface area contributed by atoms with Crippen molar-refractivity contribution in [2.45, 2.75) is 40.0 Å². The van der Waals surface area contributed by atoms with Crippen LogP contribution in [0.2, 0.25) is 0 Å². The molecule has 0 unspecified atom stereocenters. The normalized spacial score (nSPS) is 12.4. The molecule has 0 N–H and O–H groups in total. The highest BCUT2D eigenvalue weighted by atomic mass is 19.4. The zero-order valence-electron chi connectivity index (χ0n) is 33.4. The number of hydrogen-bond acceptors (Lipinski definition) is 6. The van der Waals surface area contributed by atoms with Crippen molar-refractivity contribution in [3.05, 3.63) is 156 Å². The summed E-state index contributed by atoms with van der Waals surface area (Å²) in [5, 5.41) is 2.63. The summed E-state index contributed by atoms with van der Waals surface area (Å²) < 4.78 is 95.4. The predicted molar refractivity (Wildman–Crippen MR) is 227 cm³/mol. The quantitative estimate of drug-likeness (QED) is 0.161. The van der Waals surface area contributed by atoms with Crippen LogP contribution in [-0.2, 0) is 12.4 Å². The van der Waals surface area contributed by atoms with Gasteiger partial charge in [0.15, 0.2) is 11.6 Å². The van der Waals surface area contributed by atoms with Crippen molar-refractivity contribution < 1.29 is 26.3 Å². The fourth-order valence-electron chi connectivity index (χ4n) is 8.52. The number of alkyl halides is 6. The fourth-order valence-corrected chi connectivity index (χ4v) is 8.52. The molecule has 6 aromatic carbocycles. The molecule has 0 aliphatic rings. The number of rotatable bonds is 5. The van der Waals surface area contributed by atoms with Crippen LogP contribution in [0.25, 0.3) is 88.9 Å². The van der Waals surface area contributed by atoms with Crippen molar-refractivity contribution >= 4 is 43.6 Å². The predicted octanol–water partition coefficient (Wildman–Crippen LogP) is 12.5. The minimum absolute atomic E-state index is 0.0752. The van der Waals surface area contributed by atoms with E-state index < -0.39 is 23.5 Å². The van der Waals surface area contributed by atoms with E-state index in [0.29, 0.717) is 89.7 Å². The maximum atomic E-state index is 16.5. The van der Waals surface area contributed by atoms with E-state index in [1.165, 1.54) is 33.4 Å². The number of aryl methyl sites for hydroxylation is 4. The van der Waals surface area contributed by atoms with Gasteiger partial charge in [-0.3, -0.25) is 0 Å². The Morgan fingerprint density at radius 3 is 1.24 bits per heavy atom. The van der Waals surface area contributed by atoms with Crippen LogP contribution in [0.1, 0.15) is 34.4 Å². The molecular weight excluding hydrogens is 803 g/mol. The minimum atomic E-state index is -5.01. The maximum Gasteiger partial charge on any atom is 0.420 e. The van der Waals surface area contributed by atoms with Gasteiger partial charge in [-0.25, -0.2) is 29.9 Å². The lowest BCUT2D eigenvalue weighted by molar-refractivity contribution is -0.138. The summed E-state index contributed by atoms with van der Waals surface area (Å²) in [5.74, 6) is 2.57. The first kappa shape index (κ1) is 38.7. The van der Waals surface area contributed by atoms with Crippen LogP contribution in [-0.4, -0.2) is 39.0 Å². The van der Waals surface area contributed by atoms with E-state index >= 15 is 13.2 Å². The lowest BCUT2D eigenvalue weighted by Crippen LogP contribution is -2.16. The highest BCUT2D eigenvalue weighted by Gasteiger charge is 2.40. The molecule has 0 bridgehead atoms. The second-order valence-electron chi connectivity index (χ2n) is 15.1. The summed E-state index contributed by atoms with van der Waals surface area (Å²) in [4.78, 5) is 26.7. The Hall–Kier alpha value is -7.48. The van der Waals surface area contributed by atoms with Crippen molar-refractivity contribution in [1.82, 2.24) is 39.0 Å². The molecule has 4 aromatic heterocycles. The lowest BCUT2D eigenvalue weighted by Gasteiger charge is -2.23. The number of aromatic nitrogens is 8. The first-order chi connectivity index (χ1) is 29.6. The molecule has 306 valence electrons. The number of fused-ring (bicyclic) bond motifs is 6. The van der Waals surface area contributed by atoms with Crippen LogP contribution in [0, 0.1) is 27.7 Å². The molecule has 0 atom stereocenters. The van der Waals surface area contributed by atoms with Gasteiger partial charge in [0, 0.05) is 32.7 Å². The molecule has 0 aliphatic heterocycles. The summed E-state index contributed by atoms with van der Waals surface area (Å²) in [5.41, 5.74) is 0.462. The summed E-state index contributed by atoms with van der Waals surface area (Å²) in [6.07, 6.45) is -9.72. The highest BCUT2D eigenvalue weighted by molar-refractivity contribution is 6.12. The molecule has 0 saturated heterocycles. The van der Waals surface area contributed by atoms with Gasteiger partial charge in [0.25, 0.3) is 0 Å². The Labute approximate surface area is 349 Å². The number of para-hydroxylation sites is 2. The van der Waals surface area contributed by atoms with E-state index in [4.69, 9.17) is 0 Å². The Morgan fingerprint density at radius 1 is 0.371 bits per heavy atom. The molecular formula is C48H32F6N8. The third-order valence-electron chi connectivity index (χ3n) is 11.0. The van der Waals surface area contributed by atoms with Gasteiger partial charge in [-0.1, -0.05) is 72.8 Å². The van der Waals surface area contributed by atoms with Gasteiger partial charge in [0.05, 0.1) is 39.0 Å². The van der Waals surface area contributed by atoms with Gasteiger partial charge in [0.1, 0.15) is 28.9 Å². The average Bonchev–Trinajstić information content (AvgIpc) is 3.74. The van der Waals surface area contributed by atoms with E-state index in [1.54, 1.807) is 76.2 Å². The topological polar surface area (TPSA) is 87.2 Å². The molecule has 0 spiro atoms. The standard InChI is InChI=1S/C48H32F6N8/c1-25-55-26(2)58-45(57-25)30-16-18-36-34-12-5-7-14-38(34)61(40(36)21-30)42-23-32(29-10-9-11-33(20-29)47(49,50)51)24-43(44(42)48(52,53)54)62-39-15-8-6-13-35(39)37-19-17-31(22-41(37)62)46-59-27(3)56-28(4)60-46/h5-24H,1-4H3. The first-order valence-electron chi connectivity index (χ1n) is 19.5. The molecule has 0 fully saturated rings. The van der Waals surface area contributed by atoms with Crippen LogP contribution in [0.4, 0.5) is 26.3 Å². The molecule has 0 radical (unpaired) electrons. The van der Waals surface area contributed by atoms with Crippen molar-refractivity contribution in [3.8, 4) is 45.3 Å². The zero-order chi connectivity index (χ0) is 43.2. The Kier molecular flexibility index (Phi) is 8.77. The Morgan fingerprint density at radius 2 is 0.806 bits per heavy atom. The monoisotopic (exact) mass is 834 g/mol. The van der Waals surface area contributed by atoms with Crippen LogP contribution in [0.15, 0.2) is 121 Å². The summed E-state index contributed by atoms with van der Waals surface area (Å²) in [6.45, 7) is 6.92. The van der Waals surface area contributed by atoms with Crippen LogP contribution >= 0.6 is 0 Å². The van der Waals surface area contributed by atoms with Crippen molar-refractivity contribution in [2.24, 2.45) is 0 Å². The molecule has 14 heteroatoms. The summed E-state index contributed by atoms with van der Waals surface area (Å²) in [6, 6.07) is 32.2. The van der Waals surface area contributed by atoms with E-state index in [9.17, 15) is 13.2 Å². The van der Waals surface area contributed by atoms with Crippen LogP contribution in [0.3, 0.4) is 0 Å². The number of nitrogens with zero attached hydrogens (tertiary/aromatic N) is 8. The second-order valence-corrected chi connectivity index (χ2v) is 15.1. The van der Waals surface area contributed by atoms with E-state index in [1.807, 2.05) is 36.4 Å². The van der Waals surface area contributed by atoms with Crippen LogP contribution in [0.5, 0.6) is 0 Å². The van der Waals surface area contributed by atoms with Gasteiger partial charge in [0.2, 0.25) is 0 Å². The maximum absolute atomic E-state index is 16.5. The minimum Gasteiger partial charge on any atom is -0.309 e. The van der Waals surface area contributed by atoms with E-state index in [-0.39, 0.29) is 22.5 Å². The molecule has 0 saturated carbocycles. The van der Waals surface area contributed by atoms with Crippen molar-refractivity contribution in [3.63, 3.8) is 0 Å². The fraction of sp³-hybridized carbons (Fsp3) is 0.125. The van der Waals surface area contributed by atoms with Crippen molar-refractivity contribution in [1.29, 1.82) is 0 Å². The average molecular weight is 835 g/mol. The van der Waals surface area contributed by atoms with Crippen molar-refractivity contribution in [2.75, 3.05) is 0 Å². The molecule has 4 heterocycles.